The molecule has 0 saturated carbocycles. The van der Waals surface area contributed by atoms with Gasteiger partial charge < -0.3 is 15.4 Å². The Morgan fingerprint density at radius 3 is 2.10 bits per heavy atom. The van der Waals surface area contributed by atoms with Gasteiger partial charge >= 0.3 is 0 Å². The van der Waals surface area contributed by atoms with Crippen LogP contribution in [0.2, 0.25) is 0 Å². The zero-order valence-corrected chi connectivity index (χ0v) is 14.2. The Kier molecular flexibility index (Phi) is 7.79. The van der Waals surface area contributed by atoms with E-state index in [9.17, 15) is 14.4 Å². The van der Waals surface area contributed by atoms with Crippen molar-refractivity contribution in [2.45, 2.75) is 59.9 Å². The zero-order chi connectivity index (χ0) is 16.7. The predicted molar refractivity (Wildman–Crippen MR) is 84.0 cm³/mol. The fraction of sp³-hybridized carbons (Fsp3) is 0.812. The molecule has 21 heavy (non-hydrogen) atoms. The van der Waals surface area contributed by atoms with Crippen LogP contribution in [0, 0.1) is 10.8 Å². The molecular formula is C16H30N2O3. The van der Waals surface area contributed by atoms with E-state index in [-0.39, 0.29) is 18.2 Å². The predicted octanol–water partition coefficient (Wildman–Crippen LogP) is 1.70. The van der Waals surface area contributed by atoms with E-state index >= 15 is 0 Å². The molecule has 0 spiro atoms. The SMILES string of the molecule is CCC(C)(C=O)CC(C)(CC)C(NC(=O)CNC)C(C)=O. The van der Waals surface area contributed by atoms with E-state index in [0.29, 0.717) is 19.3 Å². The van der Waals surface area contributed by atoms with Crippen LogP contribution in [0.3, 0.4) is 0 Å². The number of likely N-dealkylation sites (N-methyl/N-ethyl adjacent to an activating group) is 1. The molecule has 0 aliphatic carbocycles. The number of amides is 1. The third kappa shape index (κ3) is 5.58. The number of carbonyl (C=O) groups excluding carboxylic acids is 3. The number of hydrogen-bond donors (Lipinski definition) is 2. The van der Waals surface area contributed by atoms with Gasteiger partial charge in [-0.25, -0.2) is 0 Å². The summed E-state index contributed by atoms with van der Waals surface area (Å²) in [4.78, 5) is 35.2. The molecule has 0 aromatic heterocycles. The maximum atomic E-state index is 12.0. The summed E-state index contributed by atoms with van der Waals surface area (Å²) in [6.07, 6.45) is 2.95. The fourth-order valence-electron chi connectivity index (χ4n) is 2.74. The first kappa shape index (κ1) is 19.8. The Hall–Kier alpha value is -1.23. The lowest BCUT2D eigenvalue weighted by molar-refractivity contribution is -0.131. The number of ketones is 1. The average molecular weight is 298 g/mol. The molecule has 0 aliphatic heterocycles. The van der Waals surface area contributed by atoms with E-state index in [4.69, 9.17) is 0 Å². The molecule has 2 N–H and O–H groups in total. The number of hydrogen-bond acceptors (Lipinski definition) is 4. The van der Waals surface area contributed by atoms with Crippen molar-refractivity contribution in [1.82, 2.24) is 10.6 Å². The monoisotopic (exact) mass is 298 g/mol. The van der Waals surface area contributed by atoms with Crippen molar-refractivity contribution in [2.24, 2.45) is 10.8 Å². The highest BCUT2D eigenvalue weighted by Gasteiger charge is 2.41. The van der Waals surface area contributed by atoms with Crippen LogP contribution in [0.25, 0.3) is 0 Å². The molecule has 0 heterocycles. The first-order valence-corrected chi connectivity index (χ1v) is 7.58. The fourth-order valence-corrected chi connectivity index (χ4v) is 2.74. The van der Waals surface area contributed by atoms with E-state index in [1.165, 1.54) is 6.92 Å². The van der Waals surface area contributed by atoms with Crippen molar-refractivity contribution in [3.63, 3.8) is 0 Å². The van der Waals surface area contributed by atoms with Crippen LogP contribution in [0.4, 0.5) is 0 Å². The van der Waals surface area contributed by atoms with Gasteiger partial charge in [0.2, 0.25) is 5.91 Å². The smallest absolute Gasteiger partial charge is 0.234 e. The van der Waals surface area contributed by atoms with Crippen molar-refractivity contribution in [3.05, 3.63) is 0 Å². The summed E-state index contributed by atoms with van der Waals surface area (Å²) >= 11 is 0. The molecule has 5 nitrogen and oxygen atoms in total. The molecule has 0 saturated heterocycles. The molecular weight excluding hydrogens is 268 g/mol. The number of rotatable bonds is 10. The lowest BCUT2D eigenvalue weighted by Crippen LogP contribution is -2.53. The summed E-state index contributed by atoms with van der Waals surface area (Å²) in [6.45, 7) is 9.48. The number of Topliss-reactive ketones (excluding diaryl/α,β-unsaturated/α-hetero) is 1. The summed E-state index contributed by atoms with van der Waals surface area (Å²) in [7, 11) is 1.68. The second-order valence-electron chi connectivity index (χ2n) is 6.45. The largest absolute Gasteiger partial charge is 0.345 e. The molecule has 0 aromatic rings. The molecule has 1 amide bonds. The van der Waals surface area contributed by atoms with Gasteiger partial charge in [0.25, 0.3) is 0 Å². The molecule has 122 valence electrons. The Labute approximate surface area is 128 Å². The third-order valence-corrected chi connectivity index (χ3v) is 4.45. The van der Waals surface area contributed by atoms with E-state index in [1.807, 2.05) is 27.7 Å². The molecule has 0 aromatic carbocycles. The van der Waals surface area contributed by atoms with Gasteiger partial charge in [-0.05, 0) is 38.6 Å². The number of nitrogens with one attached hydrogen (secondary N) is 2. The van der Waals surface area contributed by atoms with E-state index in [0.717, 1.165) is 6.29 Å². The highest BCUT2D eigenvalue weighted by Crippen LogP contribution is 2.40. The average Bonchev–Trinajstić information content (AvgIpc) is 2.44. The summed E-state index contributed by atoms with van der Waals surface area (Å²) in [5.41, 5.74) is -0.924. The maximum Gasteiger partial charge on any atom is 0.234 e. The Morgan fingerprint density at radius 1 is 1.19 bits per heavy atom. The van der Waals surface area contributed by atoms with Crippen LogP contribution in [-0.4, -0.2) is 37.6 Å². The van der Waals surface area contributed by atoms with E-state index in [1.54, 1.807) is 7.05 Å². The molecule has 5 heteroatoms. The number of carbonyl (C=O) groups is 3. The second kappa shape index (κ2) is 8.27. The van der Waals surface area contributed by atoms with Gasteiger partial charge in [-0.3, -0.25) is 9.59 Å². The highest BCUT2D eigenvalue weighted by atomic mass is 16.2. The lowest BCUT2D eigenvalue weighted by Gasteiger charge is -2.41. The van der Waals surface area contributed by atoms with E-state index in [2.05, 4.69) is 10.6 Å². The van der Waals surface area contributed by atoms with E-state index < -0.39 is 16.9 Å². The summed E-state index contributed by atoms with van der Waals surface area (Å²) in [5.74, 6) is -0.283. The van der Waals surface area contributed by atoms with Crippen molar-refractivity contribution in [2.75, 3.05) is 13.6 Å². The third-order valence-electron chi connectivity index (χ3n) is 4.45. The van der Waals surface area contributed by atoms with Crippen molar-refractivity contribution >= 4 is 18.0 Å². The molecule has 0 fully saturated rings. The Bertz CT molecular complexity index is 384. The van der Waals surface area contributed by atoms with Gasteiger partial charge in [-0.2, -0.15) is 0 Å². The molecule has 0 bridgehead atoms. The first-order chi connectivity index (χ1) is 9.67. The normalized spacial score (nSPS) is 18.2. The van der Waals surface area contributed by atoms with Crippen LogP contribution in [0.5, 0.6) is 0 Å². The van der Waals surface area contributed by atoms with Gasteiger partial charge in [0, 0.05) is 5.41 Å². The van der Waals surface area contributed by atoms with Crippen LogP contribution >= 0.6 is 0 Å². The van der Waals surface area contributed by atoms with Crippen LogP contribution in [-0.2, 0) is 14.4 Å². The van der Waals surface area contributed by atoms with Crippen molar-refractivity contribution in [3.8, 4) is 0 Å². The minimum Gasteiger partial charge on any atom is -0.345 e. The van der Waals surface area contributed by atoms with Gasteiger partial charge in [0.1, 0.15) is 6.29 Å². The lowest BCUT2D eigenvalue weighted by atomic mass is 9.66. The molecule has 0 radical (unpaired) electrons. The van der Waals surface area contributed by atoms with Crippen molar-refractivity contribution < 1.29 is 14.4 Å². The van der Waals surface area contributed by atoms with Crippen LogP contribution in [0.15, 0.2) is 0 Å². The van der Waals surface area contributed by atoms with Gasteiger partial charge in [-0.1, -0.05) is 27.7 Å². The van der Waals surface area contributed by atoms with Crippen molar-refractivity contribution in [1.29, 1.82) is 0 Å². The minimum atomic E-state index is -0.575. The molecule has 3 unspecified atom stereocenters. The zero-order valence-electron chi connectivity index (χ0n) is 14.2. The van der Waals surface area contributed by atoms with Crippen LogP contribution in [0.1, 0.15) is 53.9 Å². The molecule has 0 rings (SSSR count). The summed E-state index contributed by atoms with van der Waals surface area (Å²) < 4.78 is 0. The van der Waals surface area contributed by atoms with Crippen LogP contribution < -0.4 is 10.6 Å². The minimum absolute atomic E-state index is 0.0758. The summed E-state index contributed by atoms with van der Waals surface area (Å²) in [6, 6.07) is -0.575. The Balaban J connectivity index is 5.33. The van der Waals surface area contributed by atoms with Gasteiger partial charge in [0.15, 0.2) is 5.78 Å². The number of aldehydes is 1. The maximum absolute atomic E-state index is 12.0. The van der Waals surface area contributed by atoms with Gasteiger partial charge in [0.05, 0.1) is 12.6 Å². The first-order valence-electron chi connectivity index (χ1n) is 7.58. The topological polar surface area (TPSA) is 75.3 Å². The quantitative estimate of drug-likeness (QED) is 0.602. The standard InChI is InChI=1S/C16H30N2O3/c1-7-15(4,11-19)10-16(5,8-2)14(12(3)20)18-13(21)9-17-6/h11,14,17H,7-10H2,1-6H3,(H,18,21). The highest BCUT2D eigenvalue weighted by molar-refractivity contribution is 5.89. The molecule has 0 aliphatic rings. The second-order valence-corrected chi connectivity index (χ2v) is 6.45. The summed E-state index contributed by atoms with van der Waals surface area (Å²) in [5, 5.41) is 5.59. The molecule has 3 atom stereocenters. The van der Waals surface area contributed by atoms with Gasteiger partial charge in [-0.15, -0.1) is 0 Å². The Morgan fingerprint density at radius 2 is 1.76 bits per heavy atom.